The Balaban J connectivity index is 2.16. The first-order valence-electron chi connectivity index (χ1n) is 7.47. The number of rotatable bonds is 7. The highest BCUT2D eigenvalue weighted by Gasteiger charge is 2.16. The maximum absolute atomic E-state index is 12.4. The Hall–Kier alpha value is -3.08. The lowest BCUT2D eigenvalue weighted by atomic mass is 10.0. The van der Waals surface area contributed by atoms with Gasteiger partial charge < -0.3 is 14.6 Å². The zero-order valence-corrected chi connectivity index (χ0v) is 13.3. The maximum Gasteiger partial charge on any atom is 0.333 e. The molecule has 2 aromatic carbocycles. The van der Waals surface area contributed by atoms with Crippen molar-refractivity contribution in [3.05, 3.63) is 72.3 Å². The summed E-state index contributed by atoms with van der Waals surface area (Å²) < 4.78 is 10.5. The predicted octanol–water partition coefficient (Wildman–Crippen LogP) is 3.47. The highest BCUT2D eigenvalue weighted by molar-refractivity contribution is 6.10. The van der Waals surface area contributed by atoms with Crippen LogP contribution < -0.4 is 4.74 Å². The van der Waals surface area contributed by atoms with E-state index in [-0.39, 0.29) is 17.1 Å². The summed E-state index contributed by atoms with van der Waals surface area (Å²) in [7, 11) is 0. The number of benzene rings is 2. The molecule has 2 aromatic rings. The molecule has 0 saturated heterocycles. The first-order chi connectivity index (χ1) is 11.5. The fraction of sp³-hybridized carbons (Fsp3) is 0.158. The van der Waals surface area contributed by atoms with E-state index in [2.05, 4.69) is 6.58 Å². The molecule has 1 unspecified atom stereocenters. The fourth-order valence-electron chi connectivity index (χ4n) is 2.04. The number of phenols is 1. The molecular formula is C19H18O5. The quantitative estimate of drug-likeness (QED) is 0.365. The topological polar surface area (TPSA) is 72.8 Å². The summed E-state index contributed by atoms with van der Waals surface area (Å²) in [5, 5.41) is 10.1. The Morgan fingerprint density at radius 2 is 1.92 bits per heavy atom. The van der Waals surface area contributed by atoms with Gasteiger partial charge in [-0.1, -0.05) is 43.8 Å². The highest BCUT2D eigenvalue weighted by Crippen LogP contribution is 2.27. The number of hydrogen-bond donors (Lipinski definition) is 1. The van der Waals surface area contributed by atoms with E-state index in [1.165, 1.54) is 12.1 Å². The Morgan fingerprint density at radius 1 is 1.21 bits per heavy atom. The van der Waals surface area contributed by atoms with E-state index in [0.29, 0.717) is 17.7 Å². The molecule has 5 nitrogen and oxygen atoms in total. The third-order valence-corrected chi connectivity index (χ3v) is 3.26. The van der Waals surface area contributed by atoms with E-state index < -0.39 is 12.3 Å². The fourth-order valence-corrected chi connectivity index (χ4v) is 2.04. The number of aromatic hydroxyl groups is 1. The molecule has 0 saturated carbocycles. The lowest BCUT2D eigenvalue weighted by Crippen LogP contribution is -2.22. The van der Waals surface area contributed by atoms with E-state index in [4.69, 9.17) is 9.47 Å². The van der Waals surface area contributed by atoms with Crippen LogP contribution >= 0.6 is 0 Å². The lowest BCUT2D eigenvalue weighted by Gasteiger charge is -2.17. The van der Waals surface area contributed by atoms with Crippen LogP contribution in [0.5, 0.6) is 11.5 Å². The molecule has 24 heavy (non-hydrogen) atoms. The summed E-state index contributed by atoms with van der Waals surface area (Å²) in [5.41, 5.74) is 0.650. The van der Waals surface area contributed by atoms with Gasteiger partial charge in [0.25, 0.3) is 0 Å². The zero-order chi connectivity index (χ0) is 17.5. The molecule has 2 rings (SSSR count). The number of ketones is 1. The molecular weight excluding hydrogens is 308 g/mol. The van der Waals surface area contributed by atoms with Crippen LogP contribution in [0.15, 0.2) is 61.2 Å². The predicted molar refractivity (Wildman–Crippen MR) is 89.0 cm³/mol. The van der Waals surface area contributed by atoms with Crippen LogP contribution in [-0.2, 0) is 9.53 Å². The average molecular weight is 326 g/mol. The average Bonchev–Trinajstić information content (AvgIpc) is 2.61. The molecule has 0 aromatic heterocycles. The Labute approximate surface area is 140 Å². The first kappa shape index (κ1) is 17.3. The molecule has 0 amide bonds. The Kier molecular flexibility index (Phi) is 5.73. The molecule has 0 bridgehead atoms. The minimum atomic E-state index is -0.800. The van der Waals surface area contributed by atoms with Gasteiger partial charge in [0, 0.05) is 24.1 Å². The molecule has 0 fully saturated rings. The van der Waals surface area contributed by atoms with Crippen molar-refractivity contribution >= 4 is 11.8 Å². The molecule has 0 aliphatic carbocycles. The van der Waals surface area contributed by atoms with Crippen LogP contribution in [-0.4, -0.2) is 23.1 Å². The molecule has 0 aliphatic heterocycles. The Morgan fingerprint density at radius 3 is 2.50 bits per heavy atom. The van der Waals surface area contributed by atoms with Gasteiger partial charge in [-0.05, 0) is 12.1 Å². The third kappa shape index (κ3) is 4.23. The Bertz CT molecular complexity index is 737. The lowest BCUT2D eigenvalue weighted by molar-refractivity contribution is -0.157. The molecule has 0 radical (unpaired) electrons. The SMILES string of the molecule is C=CC(=O)OC(CC)Oc1ccc(C(=O)c2ccccc2)c(O)c1. The molecule has 0 heterocycles. The summed E-state index contributed by atoms with van der Waals surface area (Å²) in [5.74, 6) is -0.793. The smallest absolute Gasteiger partial charge is 0.333 e. The van der Waals surface area contributed by atoms with Crippen LogP contribution in [0.25, 0.3) is 0 Å². The molecule has 1 N–H and O–H groups in total. The normalized spacial score (nSPS) is 11.4. The van der Waals surface area contributed by atoms with Gasteiger partial charge >= 0.3 is 5.97 Å². The minimum Gasteiger partial charge on any atom is -0.507 e. The van der Waals surface area contributed by atoms with Gasteiger partial charge in [-0.2, -0.15) is 0 Å². The number of ether oxygens (including phenoxy) is 2. The van der Waals surface area contributed by atoms with E-state index >= 15 is 0 Å². The van der Waals surface area contributed by atoms with E-state index in [9.17, 15) is 14.7 Å². The highest BCUT2D eigenvalue weighted by atomic mass is 16.7. The second-order valence-corrected chi connectivity index (χ2v) is 4.97. The summed E-state index contributed by atoms with van der Waals surface area (Å²) in [6, 6.07) is 13.0. The molecule has 0 spiro atoms. The van der Waals surface area contributed by atoms with Gasteiger partial charge in [0.05, 0.1) is 5.56 Å². The van der Waals surface area contributed by atoms with Gasteiger partial charge in [-0.25, -0.2) is 4.79 Å². The van der Waals surface area contributed by atoms with Crippen LogP contribution in [0.3, 0.4) is 0 Å². The number of hydrogen-bond acceptors (Lipinski definition) is 5. The van der Waals surface area contributed by atoms with Crippen molar-refractivity contribution in [1.82, 2.24) is 0 Å². The van der Waals surface area contributed by atoms with E-state index in [0.717, 1.165) is 6.08 Å². The van der Waals surface area contributed by atoms with Crippen molar-refractivity contribution < 1.29 is 24.2 Å². The summed E-state index contributed by atoms with van der Waals surface area (Å²) >= 11 is 0. The summed E-state index contributed by atoms with van der Waals surface area (Å²) in [4.78, 5) is 23.6. The molecule has 1 atom stereocenters. The van der Waals surface area contributed by atoms with Gasteiger partial charge in [-0.15, -0.1) is 0 Å². The van der Waals surface area contributed by atoms with Gasteiger partial charge in [0.15, 0.2) is 5.78 Å². The minimum absolute atomic E-state index is 0.171. The van der Waals surface area contributed by atoms with Crippen molar-refractivity contribution in [2.75, 3.05) is 0 Å². The van der Waals surface area contributed by atoms with Crippen molar-refractivity contribution in [2.24, 2.45) is 0 Å². The third-order valence-electron chi connectivity index (χ3n) is 3.26. The number of esters is 1. The van der Waals surface area contributed by atoms with E-state index in [1.807, 2.05) is 6.07 Å². The van der Waals surface area contributed by atoms with Crippen molar-refractivity contribution in [3.63, 3.8) is 0 Å². The van der Waals surface area contributed by atoms with Gasteiger partial charge in [0.1, 0.15) is 11.5 Å². The second-order valence-electron chi connectivity index (χ2n) is 4.97. The second kappa shape index (κ2) is 7.97. The van der Waals surface area contributed by atoms with Crippen LogP contribution in [0, 0.1) is 0 Å². The van der Waals surface area contributed by atoms with Crippen molar-refractivity contribution in [2.45, 2.75) is 19.6 Å². The summed E-state index contributed by atoms with van der Waals surface area (Å²) in [6.07, 6.45) is 0.668. The monoisotopic (exact) mass is 326 g/mol. The standard InChI is InChI=1S/C19H18O5/c1-3-17(21)24-18(4-2)23-14-10-11-15(16(20)12-14)19(22)13-8-6-5-7-9-13/h3,5-12,18,20H,1,4H2,2H3. The van der Waals surface area contributed by atoms with Crippen LogP contribution in [0.1, 0.15) is 29.3 Å². The number of carbonyl (C=O) groups excluding carboxylic acids is 2. The van der Waals surface area contributed by atoms with Gasteiger partial charge in [-0.3, -0.25) is 4.79 Å². The molecule has 124 valence electrons. The van der Waals surface area contributed by atoms with Gasteiger partial charge in [0.2, 0.25) is 6.29 Å². The largest absolute Gasteiger partial charge is 0.507 e. The van der Waals surface area contributed by atoms with Crippen molar-refractivity contribution in [1.29, 1.82) is 0 Å². The molecule has 5 heteroatoms. The zero-order valence-electron chi connectivity index (χ0n) is 13.3. The van der Waals surface area contributed by atoms with E-state index in [1.54, 1.807) is 37.3 Å². The maximum atomic E-state index is 12.4. The number of phenolic OH excluding ortho intramolecular Hbond substituents is 1. The number of carbonyl (C=O) groups is 2. The summed E-state index contributed by atoms with van der Waals surface area (Å²) in [6.45, 7) is 5.11. The molecule has 0 aliphatic rings. The van der Waals surface area contributed by atoms with Crippen molar-refractivity contribution in [3.8, 4) is 11.5 Å². The first-order valence-corrected chi connectivity index (χ1v) is 7.47. The van der Waals surface area contributed by atoms with Crippen LogP contribution in [0.2, 0.25) is 0 Å². The van der Waals surface area contributed by atoms with Crippen LogP contribution in [0.4, 0.5) is 0 Å².